The molecule has 0 unspecified atom stereocenters. The van der Waals surface area contributed by atoms with Gasteiger partial charge in [0, 0.05) is 24.7 Å². The van der Waals surface area contributed by atoms with E-state index in [9.17, 15) is 22.8 Å². The zero-order chi connectivity index (χ0) is 27.3. The Morgan fingerprint density at radius 1 is 1.13 bits per heavy atom. The van der Waals surface area contributed by atoms with Crippen molar-refractivity contribution in [1.82, 2.24) is 10.1 Å². The maximum Gasteiger partial charge on any atom is 0.293 e. The number of anilines is 2. The molecule has 13 heteroatoms. The van der Waals surface area contributed by atoms with Crippen LogP contribution in [-0.4, -0.2) is 49.2 Å². The van der Waals surface area contributed by atoms with Crippen LogP contribution in [0.2, 0.25) is 0 Å². The van der Waals surface area contributed by atoms with E-state index in [-0.39, 0.29) is 41.2 Å². The zero-order valence-electron chi connectivity index (χ0n) is 20.5. The van der Waals surface area contributed by atoms with E-state index in [4.69, 9.17) is 9.26 Å². The lowest BCUT2D eigenvalue weighted by molar-refractivity contribution is -0.123. The van der Waals surface area contributed by atoms with Gasteiger partial charge in [-0.05, 0) is 73.1 Å². The molecule has 1 saturated heterocycles. The number of carbonyl (C=O) groups is 3. The minimum Gasteiger partial charge on any atom is -0.497 e. The fourth-order valence-corrected chi connectivity index (χ4v) is 5.34. The van der Waals surface area contributed by atoms with Crippen LogP contribution >= 0.6 is 11.8 Å². The van der Waals surface area contributed by atoms with E-state index in [1.54, 1.807) is 44.4 Å². The summed E-state index contributed by atoms with van der Waals surface area (Å²) in [6, 6.07) is 14.2. The minimum absolute atomic E-state index is 0.0155. The van der Waals surface area contributed by atoms with Crippen molar-refractivity contribution in [2.45, 2.75) is 24.7 Å². The van der Waals surface area contributed by atoms with Crippen molar-refractivity contribution in [3.8, 4) is 5.75 Å². The highest BCUT2D eigenvalue weighted by Crippen LogP contribution is 2.32. The Morgan fingerprint density at radius 2 is 1.84 bits per heavy atom. The van der Waals surface area contributed by atoms with Crippen LogP contribution in [-0.2, 0) is 19.6 Å². The van der Waals surface area contributed by atoms with Crippen LogP contribution in [0.4, 0.5) is 16.3 Å². The molecule has 3 amide bonds. The molecular formula is C25H24N4O7S2. The molecule has 198 valence electrons. The number of methoxy groups -OCH3 is 1. The van der Waals surface area contributed by atoms with Gasteiger partial charge in [0.1, 0.15) is 11.5 Å². The number of aromatic nitrogens is 1. The first-order valence-corrected chi connectivity index (χ1v) is 13.7. The first-order chi connectivity index (χ1) is 18.1. The number of imide groups is 1. The molecule has 3 aromatic rings. The van der Waals surface area contributed by atoms with Gasteiger partial charge in [-0.15, -0.1) is 0 Å². The third-order valence-corrected chi connectivity index (χ3v) is 7.67. The predicted octanol–water partition coefficient (Wildman–Crippen LogP) is 4.25. The summed E-state index contributed by atoms with van der Waals surface area (Å²) in [4.78, 5) is 38.8. The van der Waals surface area contributed by atoms with Gasteiger partial charge in [0.2, 0.25) is 5.91 Å². The number of sulfonamides is 1. The average molecular weight is 557 g/mol. The second kappa shape index (κ2) is 11.5. The Balaban J connectivity index is 1.27. The molecule has 0 aliphatic carbocycles. The van der Waals surface area contributed by atoms with E-state index in [0.717, 1.165) is 22.2 Å². The molecule has 0 spiro atoms. The van der Waals surface area contributed by atoms with Crippen molar-refractivity contribution in [1.29, 1.82) is 0 Å². The lowest BCUT2D eigenvalue weighted by Gasteiger charge is -2.12. The number of aryl methyl sites for hydroxylation is 1. The Labute approximate surface area is 223 Å². The molecular weight excluding hydrogens is 532 g/mol. The number of thioether (sulfide) groups is 1. The molecule has 0 atom stereocenters. The number of nitrogens with one attached hydrogen (secondary N) is 2. The SMILES string of the molecule is COc1ccc(/C=C2\SC(=O)N(CCCC(=O)Nc3ccc(S(=O)(=O)Nc4cc(C)on4)cc3)C2=O)cc1. The summed E-state index contributed by atoms with van der Waals surface area (Å²) in [6.07, 6.45) is 1.97. The summed E-state index contributed by atoms with van der Waals surface area (Å²) in [6.45, 7) is 1.74. The smallest absolute Gasteiger partial charge is 0.293 e. The topological polar surface area (TPSA) is 148 Å². The second-order valence-corrected chi connectivity index (χ2v) is 10.9. The molecule has 1 aliphatic rings. The highest BCUT2D eigenvalue weighted by molar-refractivity contribution is 8.18. The number of carbonyl (C=O) groups excluding carboxylic acids is 3. The Kier molecular flexibility index (Phi) is 8.17. The molecule has 2 heterocycles. The number of hydrogen-bond acceptors (Lipinski definition) is 9. The molecule has 0 radical (unpaired) electrons. The second-order valence-electron chi connectivity index (χ2n) is 8.21. The number of nitrogens with zero attached hydrogens (tertiary/aromatic N) is 2. The number of benzene rings is 2. The van der Waals surface area contributed by atoms with Crippen LogP contribution in [0, 0.1) is 6.92 Å². The van der Waals surface area contributed by atoms with Gasteiger partial charge < -0.3 is 14.6 Å². The molecule has 0 bridgehead atoms. The van der Waals surface area contributed by atoms with E-state index < -0.39 is 15.9 Å². The normalized spacial score (nSPS) is 14.7. The van der Waals surface area contributed by atoms with Gasteiger partial charge in [-0.2, -0.15) is 0 Å². The van der Waals surface area contributed by atoms with E-state index >= 15 is 0 Å². The van der Waals surface area contributed by atoms with Crippen LogP contribution in [0.5, 0.6) is 5.75 Å². The fraction of sp³-hybridized carbons (Fsp3) is 0.200. The van der Waals surface area contributed by atoms with Gasteiger partial charge >= 0.3 is 0 Å². The highest BCUT2D eigenvalue weighted by Gasteiger charge is 2.34. The van der Waals surface area contributed by atoms with E-state index in [1.165, 1.54) is 30.3 Å². The predicted molar refractivity (Wildman–Crippen MR) is 142 cm³/mol. The van der Waals surface area contributed by atoms with Crippen LogP contribution in [0.25, 0.3) is 6.08 Å². The van der Waals surface area contributed by atoms with E-state index in [1.807, 2.05) is 0 Å². The number of amides is 3. The summed E-state index contributed by atoms with van der Waals surface area (Å²) in [5, 5.41) is 5.89. The number of ether oxygens (including phenoxy) is 1. The quantitative estimate of drug-likeness (QED) is 0.350. The first-order valence-electron chi connectivity index (χ1n) is 11.4. The summed E-state index contributed by atoms with van der Waals surface area (Å²) >= 11 is 0.856. The maximum absolute atomic E-state index is 12.7. The van der Waals surface area contributed by atoms with E-state index in [0.29, 0.717) is 22.1 Å². The van der Waals surface area contributed by atoms with Crippen molar-refractivity contribution in [2.24, 2.45) is 0 Å². The van der Waals surface area contributed by atoms with Crippen molar-refractivity contribution in [2.75, 3.05) is 23.7 Å². The van der Waals surface area contributed by atoms with Gasteiger partial charge in [0.15, 0.2) is 5.82 Å². The molecule has 11 nitrogen and oxygen atoms in total. The number of hydrogen-bond donors (Lipinski definition) is 2. The maximum atomic E-state index is 12.7. The van der Waals surface area contributed by atoms with Crippen LogP contribution < -0.4 is 14.8 Å². The van der Waals surface area contributed by atoms with Crippen molar-refractivity contribution < 1.29 is 32.1 Å². The Hall–Kier alpha value is -4.10. The van der Waals surface area contributed by atoms with Gasteiger partial charge in [-0.1, -0.05) is 17.3 Å². The Morgan fingerprint density at radius 3 is 2.47 bits per heavy atom. The summed E-state index contributed by atoms with van der Waals surface area (Å²) in [5.74, 6) is 0.476. The average Bonchev–Trinajstić information content (AvgIpc) is 3.41. The fourth-order valence-electron chi connectivity index (χ4n) is 3.49. The number of rotatable bonds is 10. The molecule has 4 rings (SSSR count). The Bertz CT molecular complexity index is 1480. The zero-order valence-corrected chi connectivity index (χ0v) is 22.1. The van der Waals surface area contributed by atoms with Crippen LogP contribution in [0.1, 0.15) is 24.2 Å². The summed E-state index contributed by atoms with van der Waals surface area (Å²) in [7, 11) is -2.31. The molecule has 2 N–H and O–H groups in total. The van der Waals surface area contributed by atoms with Crippen molar-refractivity contribution in [3.63, 3.8) is 0 Å². The van der Waals surface area contributed by atoms with Crippen molar-refractivity contribution >= 4 is 56.4 Å². The van der Waals surface area contributed by atoms with Crippen molar-refractivity contribution in [3.05, 3.63) is 70.8 Å². The van der Waals surface area contributed by atoms with Gasteiger partial charge in [0.25, 0.3) is 21.2 Å². The molecule has 0 saturated carbocycles. The van der Waals surface area contributed by atoms with Gasteiger partial charge in [-0.3, -0.25) is 24.0 Å². The molecule has 38 heavy (non-hydrogen) atoms. The largest absolute Gasteiger partial charge is 0.497 e. The lowest BCUT2D eigenvalue weighted by Crippen LogP contribution is -2.29. The lowest BCUT2D eigenvalue weighted by atomic mass is 10.2. The summed E-state index contributed by atoms with van der Waals surface area (Å²) < 4.78 is 37.2. The van der Waals surface area contributed by atoms with Crippen LogP contribution in [0.3, 0.4) is 0 Å². The summed E-state index contributed by atoms with van der Waals surface area (Å²) in [5.41, 5.74) is 1.17. The molecule has 1 aliphatic heterocycles. The minimum atomic E-state index is -3.87. The third kappa shape index (κ3) is 6.61. The van der Waals surface area contributed by atoms with E-state index in [2.05, 4.69) is 15.2 Å². The van der Waals surface area contributed by atoms with Gasteiger partial charge in [0.05, 0.1) is 16.9 Å². The monoisotopic (exact) mass is 556 g/mol. The van der Waals surface area contributed by atoms with Crippen LogP contribution in [0.15, 0.2) is 68.9 Å². The van der Waals surface area contributed by atoms with Gasteiger partial charge in [-0.25, -0.2) is 8.42 Å². The first kappa shape index (κ1) is 26.9. The molecule has 1 fully saturated rings. The molecule has 2 aromatic carbocycles. The third-order valence-electron chi connectivity index (χ3n) is 5.39. The highest BCUT2D eigenvalue weighted by atomic mass is 32.2. The standard InChI is InChI=1S/C25H24N4O7S2/c1-16-14-22(27-36-16)28-38(33,34)20-11-7-18(8-12-20)26-23(30)4-3-13-29-24(31)21(37-25(29)32)15-17-5-9-19(35-2)10-6-17/h5-12,14-15H,3-4,13H2,1-2H3,(H,26,30)(H,27,28)/b21-15-. The molecule has 1 aromatic heterocycles.